The maximum Gasteiger partial charge on any atom is 0.249 e. The number of hydrogen-bond acceptors (Lipinski definition) is 5. The molecule has 50 heavy (non-hydrogen) atoms. The van der Waals surface area contributed by atoms with Gasteiger partial charge in [-0.25, -0.2) is 0 Å². The first-order valence-electron chi connectivity index (χ1n) is 21.7. The van der Waals surface area contributed by atoms with Crippen molar-refractivity contribution >= 4 is 5.91 Å². The first-order valence-corrected chi connectivity index (χ1v) is 21.7. The van der Waals surface area contributed by atoms with Crippen LogP contribution in [0.15, 0.2) is 24.3 Å². The number of aliphatic hydroxyl groups is 4. The van der Waals surface area contributed by atoms with Gasteiger partial charge in [-0.2, -0.15) is 0 Å². The van der Waals surface area contributed by atoms with Gasteiger partial charge in [-0.15, -0.1) is 0 Å². The van der Waals surface area contributed by atoms with E-state index >= 15 is 0 Å². The van der Waals surface area contributed by atoms with E-state index in [0.717, 1.165) is 44.9 Å². The Morgan fingerprint density at radius 2 is 0.860 bits per heavy atom. The average Bonchev–Trinajstić information content (AvgIpc) is 3.12. The van der Waals surface area contributed by atoms with Gasteiger partial charge < -0.3 is 25.7 Å². The second-order valence-electron chi connectivity index (χ2n) is 15.0. The van der Waals surface area contributed by atoms with E-state index in [1.165, 1.54) is 148 Å². The average molecular weight is 708 g/mol. The summed E-state index contributed by atoms with van der Waals surface area (Å²) in [5.74, 6) is -0.589. The van der Waals surface area contributed by atoms with Gasteiger partial charge in [-0.1, -0.05) is 199 Å². The molecule has 0 aromatic rings. The van der Waals surface area contributed by atoms with Crippen molar-refractivity contribution in [3.05, 3.63) is 24.3 Å². The smallest absolute Gasteiger partial charge is 0.249 e. The molecule has 0 aromatic heterocycles. The monoisotopic (exact) mass is 708 g/mol. The highest BCUT2D eigenvalue weighted by Crippen LogP contribution is 2.16. The van der Waals surface area contributed by atoms with Gasteiger partial charge in [0.15, 0.2) is 0 Å². The van der Waals surface area contributed by atoms with E-state index in [4.69, 9.17) is 0 Å². The minimum absolute atomic E-state index is 0.366. The Kier molecular flexibility index (Phi) is 38.1. The Balaban J connectivity index is 3.65. The Morgan fingerprint density at radius 3 is 1.26 bits per heavy atom. The fourth-order valence-corrected chi connectivity index (χ4v) is 6.67. The van der Waals surface area contributed by atoms with Gasteiger partial charge in [0.05, 0.1) is 18.8 Å². The number of nitrogens with one attached hydrogen (secondary N) is 1. The molecule has 0 fully saturated rings. The third kappa shape index (κ3) is 32.7. The zero-order valence-corrected chi connectivity index (χ0v) is 33.2. The number of hydrogen-bond donors (Lipinski definition) is 5. The molecule has 4 unspecified atom stereocenters. The SMILES string of the molecule is CCCCCCCCCCC/C=C\C/C=C\CCCCCCCCCCCCC(O)C(=O)NC(CO)C(O)C(O)CCCCCCCCCC. The Labute approximate surface area is 310 Å². The van der Waals surface area contributed by atoms with E-state index in [0.29, 0.717) is 12.8 Å². The molecule has 5 N–H and O–H groups in total. The summed E-state index contributed by atoms with van der Waals surface area (Å²) < 4.78 is 0. The molecule has 0 aliphatic heterocycles. The van der Waals surface area contributed by atoms with Crippen LogP contribution in [0.3, 0.4) is 0 Å². The molecule has 0 aromatic carbocycles. The van der Waals surface area contributed by atoms with E-state index in [9.17, 15) is 25.2 Å². The molecule has 0 spiro atoms. The lowest BCUT2D eigenvalue weighted by Crippen LogP contribution is -2.53. The summed E-state index contributed by atoms with van der Waals surface area (Å²) in [5.41, 5.74) is 0. The molecular weight excluding hydrogens is 622 g/mol. The molecule has 0 heterocycles. The highest BCUT2D eigenvalue weighted by Gasteiger charge is 2.28. The van der Waals surface area contributed by atoms with Gasteiger partial charge in [0, 0.05) is 0 Å². The number of rotatable bonds is 39. The first-order chi connectivity index (χ1) is 24.5. The van der Waals surface area contributed by atoms with E-state index in [1.54, 1.807) is 0 Å². The van der Waals surface area contributed by atoms with Crippen LogP contribution in [0.1, 0.15) is 219 Å². The van der Waals surface area contributed by atoms with Gasteiger partial charge >= 0.3 is 0 Å². The maximum atomic E-state index is 12.4. The molecule has 0 bridgehead atoms. The van der Waals surface area contributed by atoms with Gasteiger partial charge in [0.1, 0.15) is 12.2 Å². The number of carbonyl (C=O) groups is 1. The number of amides is 1. The van der Waals surface area contributed by atoms with Crippen LogP contribution in [0.4, 0.5) is 0 Å². The maximum absolute atomic E-state index is 12.4. The van der Waals surface area contributed by atoms with Crippen molar-refractivity contribution in [2.75, 3.05) is 6.61 Å². The van der Waals surface area contributed by atoms with Crippen molar-refractivity contribution in [2.24, 2.45) is 0 Å². The van der Waals surface area contributed by atoms with E-state index in [1.807, 2.05) is 0 Å². The minimum Gasteiger partial charge on any atom is -0.394 e. The topological polar surface area (TPSA) is 110 Å². The fraction of sp³-hybridized carbons (Fsp3) is 0.886. The number of allylic oxidation sites excluding steroid dienone is 4. The van der Waals surface area contributed by atoms with Gasteiger partial charge in [0.2, 0.25) is 5.91 Å². The predicted molar refractivity (Wildman–Crippen MR) is 214 cm³/mol. The van der Waals surface area contributed by atoms with Crippen molar-refractivity contribution in [1.29, 1.82) is 0 Å². The molecule has 0 aliphatic rings. The molecule has 0 rings (SSSR count). The third-order valence-corrected chi connectivity index (χ3v) is 10.2. The summed E-state index contributed by atoms with van der Waals surface area (Å²) in [6, 6.07) is -0.982. The van der Waals surface area contributed by atoms with Crippen LogP contribution in [0, 0.1) is 0 Å². The summed E-state index contributed by atoms with van der Waals surface area (Å²) in [5, 5.41) is 43.4. The lowest BCUT2D eigenvalue weighted by Gasteiger charge is -2.27. The third-order valence-electron chi connectivity index (χ3n) is 10.2. The normalized spacial score (nSPS) is 14.4. The molecular formula is C44H85NO5. The van der Waals surface area contributed by atoms with Crippen LogP contribution in [0.2, 0.25) is 0 Å². The standard InChI is InChI=1S/C44H85NO5/c1-3-5-7-9-11-13-14-15-16-17-18-19-20-21-22-23-24-25-26-27-28-29-30-32-34-36-38-42(48)44(50)45-40(39-46)43(49)41(47)37-35-33-31-12-10-8-6-4-2/h18-19,21-22,40-43,46-49H,3-17,20,23-39H2,1-2H3,(H,45,50)/b19-18-,22-21-. The van der Waals surface area contributed by atoms with Crippen LogP contribution in [0.5, 0.6) is 0 Å². The number of unbranched alkanes of at least 4 members (excludes halogenated alkanes) is 26. The summed E-state index contributed by atoms with van der Waals surface area (Å²) in [7, 11) is 0. The zero-order valence-electron chi connectivity index (χ0n) is 33.2. The fourth-order valence-electron chi connectivity index (χ4n) is 6.67. The lowest BCUT2D eigenvalue weighted by atomic mass is 9.99. The Morgan fingerprint density at radius 1 is 0.500 bits per heavy atom. The van der Waals surface area contributed by atoms with Crippen molar-refractivity contribution in [2.45, 2.75) is 244 Å². The van der Waals surface area contributed by atoms with E-state index in [-0.39, 0.29) is 0 Å². The predicted octanol–water partition coefficient (Wildman–Crippen LogP) is 11.2. The molecule has 1 amide bonds. The Bertz CT molecular complexity index is 757. The summed E-state index contributed by atoms with van der Waals surface area (Å²) in [6.07, 6.45) is 43.7. The largest absolute Gasteiger partial charge is 0.394 e. The highest BCUT2D eigenvalue weighted by atomic mass is 16.3. The number of aliphatic hydroxyl groups excluding tert-OH is 4. The van der Waals surface area contributed by atoms with Crippen molar-refractivity contribution < 1.29 is 25.2 Å². The van der Waals surface area contributed by atoms with Gasteiger partial charge in [-0.3, -0.25) is 4.79 Å². The molecule has 0 saturated carbocycles. The van der Waals surface area contributed by atoms with Crippen molar-refractivity contribution in [3.8, 4) is 0 Å². The lowest BCUT2D eigenvalue weighted by molar-refractivity contribution is -0.132. The van der Waals surface area contributed by atoms with Crippen molar-refractivity contribution in [3.63, 3.8) is 0 Å². The summed E-state index contributed by atoms with van der Waals surface area (Å²) in [4.78, 5) is 12.4. The van der Waals surface area contributed by atoms with Gasteiger partial charge in [-0.05, 0) is 44.9 Å². The van der Waals surface area contributed by atoms with E-state index < -0.39 is 36.9 Å². The minimum atomic E-state index is -1.26. The summed E-state index contributed by atoms with van der Waals surface area (Å²) in [6.45, 7) is 4.00. The molecule has 0 aliphatic carbocycles. The molecule has 6 nitrogen and oxygen atoms in total. The van der Waals surface area contributed by atoms with Crippen LogP contribution in [-0.2, 0) is 4.79 Å². The van der Waals surface area contributed by atoms with Crippen LogP contribution < -0.4 is 5.32 Å². The molecule has 296 valence electrons. The molecule has 0 radical (unpaired) electrons. The molecule has 0 saturated heterocycles. The highest BCUT2D eigenvalue weighted by molar-refractivity contribution is 5.80. The number of carbonyl (C=O) groups excluding carboxylic acids is 1. The van der Waals surface area contributed by atoms with Gasteiger partial charge in [0.25, 0.3) is 0 Å². The second-order valence-corrected chi connectivity index (χ2v) is 15.0. The quantitative estimate of drug-likeness (QED) is 0.0323. The van der Waals surface area contributed by atoms with Crippen molar-refractivity contribution in [1.82, 2.24) is 5.32 Å². The Hall–Kier alpha value is -1.21. The first kappa shape index (κ1) is 48.8. The van der Waals surface area contributed by atoms with Crippen LogP contribution in [0.25, 0.3) is 0 Å². The van der Waals surface area contributed by atoms with Crippen LogP contribution >= 0.6 is 0 Å². The van der Waals surface area contributed by atoms with E-state index in [2.05, 4.69) is 43.5 Å². The molecule has 6 heteroatoms. The molecule has 4 atom stereocenters. The summed E-state index contributed by atoms with van der Waals surface area (Å²) >= 11 is 0. The van der Waals surface area contributed by atoms with Crippen LogP contribution in [-0.4, -0.2) is 57.3 Å². The second kappa shape index (κ2) is 39.0. The zero-order chi connectivity index (χ0) is 36.8.